The van der Waals surface area contributed by atoms with Gasteiger partial charge in [0.1, 0.15) is 25.4 Å². The Morgan fingerprint density at radius 1 is 0.349 bits per heavy atom. The zero-order valence-corrected chi connectivity index (χ0v) is 53.6. The maximum Gasteiger partial charge on any atom is 0.472 e. The molecule has 5 atom stereocenters. The van der Waals surface area contributed by atoms with E-state index >= 15 is 0 Å². The highest BCUT2D eigenvalue weighted by atomic mass is 31.2. The Morgan fingerprint density at radius 3 is 1.04 bits per heavy atom. The van der Waals surface area contributed by atoms with Crippen LogP contribution in [0, 0.1) is 0 Å². The van der Waals surface area contributed by atoms with Gasteiger partial charge in [0.15, 0.2) is 6.10 Å². The topological polar surface area (TPSA) is 231 Å². The number of carbonyl (C=O) groups is 3. The molecule has 0 bridgehead atoms. The second-order valence-electron chi connectivity index (χ2n) is 21.5. The highest BCUT2D eigenvalue weighted by molar-refractivity contribution is 7.47. The highest BCUT2D eigenvalue weighted by Crippen LogP contribution is 2.45. The molecule has 0 radical (unpaired) electrons. The molecule has 18 heteroatoms. The molecule has 0 aromatic carbocycles. The maximum absolute atomic E-state index is 12.9. The van der Waals surface area contributed by atoms with Gasteiger partial charge in [0.05, 0.1) is 26.4 Å². The number of esters is 3. The largest absolute Gasteiger partial charge is 0.472 e. The SMILES string of the molecule is CC/C=C\C/C=C\C/C=C\C/C=C\C/C=C\CCCCCCCC(=O)OCC(O)COP(=O)(O)OCC(O)COP(=O)(O)OCC(COC(=O)CCCCCCC/C=C\CCCCCC)OC(=O)CCCCCCCCCCCCCCC. The van der Waals surface area contributed by atoms with Crippen molar-refractivity contribution in [2.75, 3.05) is 39.6 Å². The van der Waals surface area contributed by atoms with Gasteiger partial charge in [-0.1, -0.05) is 229 Å². The van der Waals surface area contributed by atoms with E-state index in [9.17, 15) is 43.5 Å². The van der Waals surface area contributed by atoms with Crippen LogP contribution < -0.4 is 0 Å². The molecule has 83 heavy (non-hydrogen) atoms. The molecule has 0 aliphatic heterocycles. The summed E-state index contributed by atoms with van der Waals surface area (Å²) in [6, 6.07) is 0. The Bertz CT molecular complexity index is 1820. The second kappa shape index (κ2) is 59.3. The average Bonchev–Trinajstić information content (AvgIpc) is 3.47. The zero-order chi connectivity index (χ0) is 61.0. The summed E-state index contributed by atoms with van der Waals surface area (Å²) < 4.78 is 60.7. The number of unbranched alkanes of at least 4 members (excludes halogenated alkanes) is 26. The second-order valence-corrected chi connectivity index (χ2v) is 24.4. The first-order valence-electron chi connectivity index (χ1n) is 32.2. The minimum Gasteiger partial charge on any atom is -0.463 e. The normalized spacial score (nSPS) is 14.8. The lowest BCUT2D eigenvalue weighted by atomic mass is 10.0. The van der Waals surface area contributed by atoms with Crippen molar-refractivity contribution in [1.29, 1.82) is 0 Å². The minimum atomic E-state index is -4.91. The number of phosphoric acid groups is 2. The first-order chi connectivity index (χ1) is 40.2. The molecule has 0 aromatic heterocycles. The molecule has 16 nitrogen and oxygen atoms in total. The van der Waals surface area contributed by atoms with Gasteiger partial charge in [-0.15, -0.1) is 0 Å². The van der Waals surface area contributed by atoms with Crippen LogP contribution in [-0.4, -0.2) is 95.9 Å². The van der Waals surface area contributed by atoms with Gasteiger partial charge in [-0.25, -0.2) is 9.13 Å². The van der Waals surface area contributed by atoms with E-state index in [4.69, 9.17) is 32.3 Å². The summed E-state index contributed by atoms with van der Waals surface area (Å²) in [5.41, 5.74) is 0. The van der Waals surface area contributed by atoms with E-state index in [0.717, 1.165) is 128 Å². The number of aliphatic hydroxyl groups excluding tert-OH is 2. The van der Waals surface area contributed by atoms with Crippen molar-refractivity contribution < 1.29 is 75.8 Å². The standard InChI is InChI=1S/C65H116O16P2/c1-4-7-10-13-16-19-22-25-26-27-28-29-30-31-32-35-37-39-42-45-48-51-63(68)75-54-60(66)55-77-82(71,72)78-56-61(67)57-79-83(73,74)80-59-62(81-65(70)53-50-47-44-41-38-34-24-21-18-15-12-9-6-3)58-76-64(69)52-49-46-43-40-36-33-23-20-17-14-11-8-5-2/h7,10,16,19-20,23,25-26,28-29,31-32,60-62,66-67H,4-6,8-9,11-15,17-18,21-22,24,27,30,33-59H2,1-3H3,(H,71,72)(H,73,74)/b10-7-,19-16-,23-20-,26-25-,29-28-,32-31-. The van der Waals surface area contributed by atoms with Crippen molar-refractivity contribution in [3.63, 3.8) is 0 Å². The van der Waals surface area contributed by atoms with Crippen LogP contribution in [0.15, 0.2) is 72.9 Å². The number of carbonyl (C=O) groups excluding carboxylic acids is 3. The Kier molecular flexibility index (Phi) is 57.2. The van der Waals surface area contributed by atoms with E-state index in [-0.39, 0.29) is 19.3 Å². The molecular weight excluding hydrogens is 1100 g/mol. The van der Waals surface area contributed by atoms with E-state index < -0.39 is 91.5 Å². The van der Waals surface area contributed by atoms with Gasteiger partial charge in [0.2, 0.25) is 0 Å². The summed E-state index contributed by atoms with van der Waals surface area (Å²) >= 11 is 0. The number of aliphatic hydroxyl groups is 2. The van der Waals surface area contributed by atoms with Gasteiger partial charge in [-0.3, -0.25) is 32.5 Å². The maximum atomic E-state index is 12.9. The molecule has 0 saturated heterocycles. The number of phosphoric ester groups is 2. The molecule has 0 aliphatic carbocycles. The molecule has 4 N–H and O–H groups in total. The molecule has 0 amide bonds. The quantitative estimate of drug-likeness (QED) is 0.0146. The van der Waals surface area contributed by atoms with Crippen LogP contribution in [-0.2, 0) is 55.8 Å². The van der Waals surface area contributed by atoms with Gasteiger partial charge >= 0.3 is 33.6 Å². The fourth-order valence-corrected chi connectivity index (χ4v) is 10.1. The molecule has 0 aromatic rings. The van der Waals surface area contributed by atoms with Crippen LogP contribution in [0.3, 0.4) is 0 Å². The van der Waals surface area contributed by atoms with Crippen molar-refractivity contribution in [3.05, 3.63) is 72.9 Å². The Hall–Kier alpha value is -3.01. The third kappa shape index (κ3) is 60.5. The van der Waals surface area contributed by atoms with E-state index in [1.165, 1.54) is 77.0 Å². The predicted octanol–water partition coefficient (Wildman–Crippen LogP) is 17.2. The summed E-state index contributed by atoms with van der Waals surface area (Å²) in [5.74, 6) is -1.59. The number of ether oxygens (including phenoxy) is 3. The van der Waals surface area contributed by atoms with E-state index in [2.05, 4.69) is 93.7 Å². The molecule has 0 spiro atoms. The molecule has 5 unspecified atom stereocenters. The first kappa shape index (κ1) is 80.0. The summed E-state index contributed by atoms with van der Waals surface area (Å²) in [6.45, 7) is 2.51. The van der Waals surface area contributed by atoms with Gasteiger partial charge in [0.25, 0.3) is 0 Å². The first-order valence-corrected chi connectivity index (χ1v) is 35.2. The van der Waals surface area contributed by atoms with Crippen molar-refractivity contribution in [2.45, 2.75) is 283 Å². The number of hydrogen-bond acceptors (Lipinski definition) is 14. The lowest BCUT2D eigenvalue weighted by Gasteiger charge is -2.21. The molecule has 482 valence electrons. The number of allylic oxidation sites excluding steroid dienone is 12. The highest BCUT2D eigenvalue weighted by Gasteiger charge is 2.29. The Balaban J connectivity index is 4.60. The fraction of sp³-hybridized carbons (Fsp3) is 0.769. The lowest BCUT2D eigenvalue weighted by molar-refractivity contribution is -0.161. The molecule has 0 rings (SSSR count). The molecular formula is C65H116O16P2. The van der Waals surface area contributed by atoms with E-state index in [0.29, 0.717) is 19.3 Å². The van der Waals surface area contributed by atoms with E-state index in [1.54, 1.807) is 0 Å². The van der Waals surface area contributed by atoms with Crippen LogP contribution in [0.5, 0.6) is 0 Å². The van der Waals surface area contributed by atoms with Gasteiger partial charge < -0.3 is 34.2 Å². The van der Waals surface area contributed by atoms with Crippen molar-refractivity contribution in [3.8, 4) is 0 Å². The summed E-state index contributed by atoms with van der Waals surface area (Å²) in [6.07, 6.45) is 59.6. The van der Waals surface area contributed by atoms with Gasteiger partial charge in [0, 0.05) is 19.3 Å². The minimum absolute atomic E-state index is 0.107. The number of hydrogen-bond donors (Lipinski definition) is 4. The molecule has 0 fully saturated rings. The fourth-order valence-electron chi connectivity index (χ4n) is 8.47. The van der Waals surface area contributed by atoms with Gasteiger partial charge in [-0.05, 0) is 89.9 Å². The summed E-state index contributed by atoms with van der Waals surface area (Å²) in [5, 5.41) is 20.5. The Morgan fingerprint density at radius 2 is 0.639 bits per heavy atom. The molecule has 0 heterocycles. The van der Waals surface area contributed by atoms with Crippen molar-refractivity contribution in [1.82, 2.24) is 0 Å². The van der Waals surface area contributed by atoms with E-state index in [1.807, 2.05) is 0 Å². The summed E-state index contributed by atoms with van der Waals surface area (Å²) in [7, 11) is -9.76. The zero-order valence-electron chi connectivity index (χ0n) is 51.9. The smallest absolute Gasteiger partial charge is 0.463 e. The molecule has 0 aliphatic rings. The van der Waals surface area contributed by atoms with Crippen LogP contribution in [0.25, 0.3) is 0 Å². The summed E-state index contributed by atoms with van der Waals surface area (Å²) in [4.78, 5) is 58.2. The van der Waals surface area contributed by atoms with Crippen molar-refractivity contribution >= 4 is 33.6 Å². The number of rotatable bonds is 61. The van der Waals surface area contributed by atoms with Gasteiger partial charge in [-0.2, -0.15) is 0 Å². The molecule has 0 saturated carbocycles. The van der Waals surface area contributed by atoms with Crippen LogP contribution >= 0.6 is 15.6 Å². The predicted molar refractivity (Wildman–Crippen MR) is 335 cm³/mol. The van der Waals surface area contributed by atoms with Crippen LogP contribution in [0.1, 0.15) is 265 Å². The third-order valence-corrected chi connectivity index (χ3v) is 15.3. The lowest BCUT2D eigenvalue weighted by Crippen LogP contribution is -2.30. The average molecular weight is 1220 g/mol. The Labute approximate surface area is 503 Å². The van der Waals surface area contributed by atoms with Crippen molar-refractivity contribution in [2.24, 2.45) is 0 Å². The van der Waals surface area contributed by atoms with Crippen LogP contribution in [0.4, 0.5) is 0 Å². The monoisotopic (exact) mass is 1210 g/mol. The van der Waals surface area contributed by atoms with Crippen LogP contribution in [0.2, 0.25) is 0 Å². The third-order valence-electron chi connectivity index (χ3n) is 13.4.